The summed E-state index contributed by atoms with van der Waals surface area (Å²) in [5.41, 5.74) is 4.80. The molecule has 2 aromatic carbocycles. The third-order valence-corrected chi connectivity index (χ3v) is 3.44. The first kappa shape index (κ1) is 14.7. The molecule has 0 aliphatic heterocycles. The van der Waals surface area contributed by atoms with Gasteiger partial charge in [0.2, 0.25) is 0 Å². The molecule has 0 aliphatic rings. The Morgan fingerprint density at radius 3 is 2.20 bits per heavy atom. The first-order valence-electron chi connectivity index (χ1n) is 6.13. The average molecular weight is 293 g/mol. The van der Waals surface area contributed by atoms with Crippen molar-refractivity contribution in [3.05, 3.63) is 58.6 Å². The first-order valence-corrected chi connectivity index (χ1v) is 6.51. The number of hydrogen-bond donors (Lipinski definition) is 2. The molecule has 106 valence electrons. The van der Waals surface area contributed by atoms with Crippen LogP contribution < -0.4 is 20.7 Å². The lowest BCUT2D eigenvalue weighted by Crippen LogP contribution is -2.28. The minimum atomic E-state index is -0.146. The number of ether oxygens (including phenoxy) is 2. The van der Waals surface area contributed by atoms with Crippen LogP contribution in [0.3, 0.4) is 0 Å². The summed E-state index contributed by atoms with van der Waals surface area (Å²) in [6.45, 7) is 0. The van der Waals surface area contributed by atoms with Crippen LogP contribution in [-0.4, -0.2) is 14.2 Å². The van der Waals surface area contributed by atoms with E-state index in [0.29, 0.717) is 10.8 Å². The summed E-state index contributed by atoms with van der Waals surface area (Å²) in [5, 5.41) is 0.571. The summed E-state index contributed by atoms with van der Waals surface area (Å²) in [5.74, 6) is 7.11. The Balaban J connectivity index is 2.35. The summed E-state index contributed by atoms with van der Waals surface area (Å²) in [7, 11) is 3.22. The molecule has 0 bridgehead atoms. The Morgan fingerprint density at radius 2 is 1.65 bits per heavy atom. The third-order valence-electron chi connectivity index (χ3n) is 3.12. The molecule has 0 aliphatic carbocycles. The van der Waals surface area contributed by atoms with E-state index in [2.05, 4.69) is 5.43 Å². The van der Waals surface area contributed by atoms with E-state index in [0.717, 1.165) is 16.9 Å². The molecule has 0 spiro atoms. The summed E-state index contributed by atoms with van der Waals surface area (Å²) in [4.78, 5) is 0. The van der Waals surface area contributed by atoms with Crippen LogP contribution in [0.25, 0.3) is 0 Å². The van der Waals surface area contributed by atoms with E-state index in [1.54, 1.807) is 20.3 Å². The van der Waals surface area contributed by atoms with E-state index < -0.39 is 0 Å². The van der Waals surface area contributed by atoms with Crippen molar-refractivity contribution in [2.75, 3.05) is 14.2 Å². The Kier molecular flexibility index (Phi) is 4.84. The molecule has 0 fully saturated rings. The van der Waals surface area contributed by atoms with Gasteiger partial charge in [-0.3, -0.25) is 5.84 Å². The minimum absolute atomic E-state index is 0.146. The van der Waals surface area contributed by atoms with Crippen molar-refractivity contribution in [1.82, 2.24) is 5.43 Å². The number of hydrazine groups is 1. The minimum Gasteiger partial charge on any atom is -0.497 e. The Bertz CT molecular complexity index is 573. The molecule has 0 heterocycles. The van der Waals surface area contributed by atoms with Crippen LogP contribution in [-0.2, 0) is 0 Å². The third kappa shape index (κ3) is 3.04. The maximum absolute atomic E-state index is 6.04. The second-order valence-corrected chi connectivity index (χ2v) is 4.67. The van der Waals surface area contributed by atoms with Gasteiger partial charge in [-0.1, -0.05) is 29.8 Å². The van der Waals surface area contributed by atoms with Gasteiger partial charge >= 0.3 is 0 Å². The molecule has 0 aromatic heterocycles. The van der Waals surface area contributed by atoms with Gasteiger partial charge in [-0.25, -0.2) is 5.43 Å². The molecule has 2 rings (SSSR count). The highest BCUT2D eigenvalue weighted by Gasteiger charge is 2.14. The molecule has 0 saturated carbocycles. The molecular formula is C15H17ClN2O2. The van der Waals surface area contributed by atoms with Gasteiger partial charge in [-0.15, -0.1) is 0 Å². The van der Waals surface area contributed by atoms with Gasteiger partial charge in [0, 0.05) is 0 Å². The van der Waals surface area contributed by atoms with Crippen molar-refractivity contribution in [3.63, 3.8) is 0 Å². The zero-order valence-corrected chi connectivity index (χ0v) is 12.1. The molecule has 3 N–H and O–H groups in total. The van der Waals surface area contributed by atoms with Crippen LogP contribution >= 0.6 is 11.6 Å². The number of benzene rings is 2. The van der Waals surface area contributed by atoms with E-state index >= 15 is 0 Å². The van der Waals surface area contributed by atoms with E-state index in [9.17, 15) is 0 Å². The van der Waals surface area contributed by atoms with Crippen LogP contribution in [0.15, 0.2) is 42.5 Å². The molecule has 2 aromatic rings. The van der Waals surface area contributed by atoms with E-state index in [4.69, 9.17) is 26.9 Å². The highest BCUT2D eigenvalue weighted by molar-refractivity contribution is 6.32. The fraction of sp³-hybridized carbons (Fsp3) is 0.200. The standard InChI is InChI=1S/C15H17ClN2O2/c1-19-12-6-3-10(4-7-12)15(18-17)11-5-8-13(16)14(9-11)20-2/h3-9,15,18H,17H2,1-2H3. The van der Waals surface area contributed by atoms with Crippen LogP contribution in [0.2, 0.25) is 5.02 Å². The number of nitrogens with two attached hydrogens (primary N) is 1. The van der Waals surface area contributed by atoms with Crippen molar-refractivity contribution in [3.8, 4) is 11.5 Å². The zero-order chi connectivity index (χ0) is 14.5. The van der Waals surface area contributed by atoms with E-state index in [-0.39, 0.29) is 6.04 Å². The molecule has 0 amide bonds. The van der Waals surface area contributed by atoms with Crippen molar-refractivity contribution < 1.29 is 9.47 Å². The van der Waals surface area contributed by atoms with E-state index in [1.165, 1.54) is 0 Å². The van der Waals surface area contributed by atoms with Crippen LogP contribution in [0.4, 0.5) is 0 Å². The summed E-state index contributed by atoms with van der Waals surface area (Å²) in [6, 6.07) is 13.2. The Morgan fingerprint density at radius 1 is 1.00 bits per heavy atom. The number of rotatable bonds is 5. The lowest BCUT2D eigenvalue weighted by molar-refractivity contribution is 0.413. The molecule has 1 unspecified atom stereocenters. The van der Waals surface area contributed by atoms with Crippen LogP contribution in [0.5, 0.6) is 11.5 Å². The van der Waals surface area contributed by atoms with Gasteiger partial charge in [-0.05, 0) is 35.4 Å². The smallest absolute Gasteiger partial charge is 0.137 e. The van der Waals surface area contributed by atoms with Crippen molar-refractivity contribution in [2.45, 2.75) is 6.04 Å². The largest absolute Gasteiger partial charge is 0.497 e. The van der Waals surface area contributed by atoms with Gasteiger partial charge in [0.05, 0.1) is 25.3 Å². The first-order chi connectivity index (χ1) is 9.69. The predicted molar refractivity (Wildman–Crippen MR) is 80.2 cm³/mol. The van der Waals surface area contributed by atoms with Crippen molar-refractivity contribution in [1.29, 1.82) is 0 Å². The lowest BCUT2D eigenvalue weighted by atomic mass is 9.99. The number of hydrogen-bond acceptors (Lipinski definition) is 4. The summed E-state index contributed by atoms with van der Waals surface area (Å²) in [6.07, 6.45) is 0. The van der Waals surface area contributed by atoms with Crippen molar-refractivity contribution in [2.24, 2.45) is 5.84 Å². The normalized spacial score (nSPS) is 12.0. The van der Waals surface area contributed by atoms with Gasteiger partial charge < -0.3 is 9.47 Å². The maximum Gasteiger partial charge on any atom is 0.137 e. The topological polar surface area (TPSA) is 56.5 Å². The fourth-order valence-electron chi connectivity index (χ4n) is 2.04. The molecular weight excluding hydrogens is 276 g/mol. The Hall–Kier alpha value is -1.75. The van der Waals surface area contributed by atoms with Gasteiger partial charge in [0.25, 0.3) is 0 Å². The predicted octanol–water partition coefficient (Wildman–Crippen LogP) is 2.91. The highest BCUT2D eigenvalue weighted by Crippen LogP contribution is 2.30. The number of nitrogens with one attached hydrogen (secondary N) is 1. The van der Waals surface area contributed by atoms with Crippen molar-refractivity contribution >= 4 is 11.6 Å². The molecule has 0 radical (unpaired) electrons. The molecule has 4 nitrogen and oxygen atoms in total. The fourth-order valence-corrected chi connectivity index (χ4v) is 2.23. The average Bonchev–Trinajstić information content (AvgIpc) is 2.50. The molecule has 5 heteroatoms. The second kappa shape index (κ2) is 6.61. The van der Waals surface area contributed by atoms with Gasteiger partial charge in [0.1, 0.15) is 11.5 Å². The van der Waals surface area contributed by atoms with Crippen LogP contribution in [0, 0.1) is 0 Å². The van der Waals surface area contributed by atoms with Crippen LogP contribution in [0.1, 0.15) is 17.2 Å². The molecule has 1 atom stereocenters. The SMILES string of the molecule is COc1ccc(C(NN)c2ccc(Cl)c(OC)c2)cc1. The summed E-state index contributed by atoms with van der Waals surface area (Å²) < 4.78 is 10.4. The molecule has 0 saturated heterocycles. The van der Waals surface area contributed by atoms with Gasteiger partial charge in [-0.2, -0.15) is 0 Å². The summed E-state index contributed by atoms with van der Waals surface area (Å²) >= 11 is 6.04. The second-order valence-electron chi connectivity index (χ2n) is 4.27. The monoisotopic (exact) mass is 292 g/mol. The number of methoxy groups -OCH3 is 2. The van der Waals surface area contributed by atoms with E-state index in [1.807, 2.05) is 36.4 Å². The lowest BCUT2D eigenvalue weighted by Gasteiger charge is -2.18. The highest BCUT2D eigenvalue weighted by atomic mass is 35.5. The quantitative estimate of drug-likeness (QED) is 0.657. The number of halogens is 1. The molecule has 20 heavy (non-hydrogen) atoms. The van der Waals surface area contributed by atoms with Gasteiger partial charge in [0.15, 0.2) is 0 Å². The zero-order valence-electron chi connectivity index (χ0n) is 11.4. The Labute approximate surface area is 123 Å². The maximum atomic E-state index is 6.04.